The first kappa shape index (κ1) is 23.2. The number of benzene rings is 1. The molecule has 0 saturated heterocycles. The standard InChI is InChI=1S/C19H30N2O7/c1-11(21-18(24)28-19(2,3)4)17(23)20-9-8-12-15(22)13(25-5)10-14(26-6)16(12)27-7/h10-11,22H,8-9H2,1-7H3,(H,20,23)(H,21,24)/t11-/m0/s1. The number of hydrogen-bond donors (Lipinski definition) is 3. The summed E-state index contributed by atoms with van der Waals surface area (Å²) in [7, 11) is 4.36. The lowest BCUT2D eigenvalue weighted by Crippen LogP contribution is -2.46. The summed E-state index contributed by atoms with van der Waals surface area (Å²) in [6.45, 7) is 6.95. The van der Waals surface area contributed by atoms with Crippen molar-refractivity contribution in [2.24, 2.45) is 0 Å². The van der Waals surface area contributed by atoms with E-state index in [1.54, 1.807) is 27.7 Å². The highest BCUT2D eigenvalue weighted by Gasteiger charge is 2.22. The molecule has 0 aliphatic rings. The van der Waals surface area contributed by atoms with Crippen molar-refractivity contribution in [3.63, 3.8) is 0 Å². The highest BCUT2D eigenvalue weighted by Crippen LogP contribution is 2.43. The monoisotopic (exact) mass is 398 g/mol. The second kappa shape index (κ2) is 9.91. The molecule has 1 aromatic rings. The Balaban J connectivity index is 2.75. The minimum atomic E-state index is -0.787. The molecule has 158 valence electrons. The zero-order chi connectivity index (χ0) is 21.5. The van der Waals surface area contributed by atoms with Crippen LogP contribution in [0.2, 0.25) is 0 Å². The van der Waals surface area contributed by atoms with Gasteiger partial charge in [0, 0.05) is 18.2 Å². The summed E-state index contributed by atoms with van der Waals surface area (Å²) in [5.74, 6) is 0.515. The summed E-state index contributed by atoms with van der Waals surface area (Å²) in [6.07, 6.45) is -0.417. The molecule has 3 N–H and O–H groups in total. The van der Waals surface area contributed by atoms with E-state index in [-0.39, 0.29) is 30.4 Å². The number of nitrogens with one attached hydrogen (secondary N) is 2. The number of alkyl carbamates (subject to hydrolysis) is 1. The number of amides is 2. The third kappa shape index (κ3) is 6.40. The molecule has 0 saturated carbocycles. The first-order chi connectivity index (χ1) is 13.0. The van der Waals surface area contributed by atoms with E-state index in [0.717, 1.165) is 0 Å². The fraction of sp³-hybridized carbons (Fsp3) is 0.579. The van der Waals surface area contributed by atoms with Crippen LogP contribution in [0.3, 0.4) is 0 Å². The Morgan fingerprint density at radius 2 is 1.71 bits per heavy atom. The summed E-state index contributed by atoms with van der Waals surface area (Å²) < 4.78 is 20.8. The van der Waals surface area contributed by atoms with Gasteiger partial charge < -0.3 is 34.7 Å². The summed E-state index contributed by atoms with van der Waals surface area (Å²) in [6, 6.07) is 0.730. The van der Waals surface area contributed by atoms with Gasteiger partial charge in [-0.05, 0) is 34.1 Å². The number of hydrogen-bond acceptors (Lipinski definition) is 7. The number of phenolic OH excluding ortho intramolecular Hbond substituents is 1. The van der Waals surface area contributed by atoms with Crippen molar-refractivity contribution >= 4 is 12.0 Å². The third-order valence-corrected chi connectivity index (χ3v) is 3.72. The average molecular weight is 398 g/mol. The van der Waals surface area contributed by atoms with Crippen LogP contribution in [0, 0.1) is 0 Å². The number of carbonyl (C=O) groups excluding carboxylic acids is 2. The summed E-state index contributed by atoms with van der Waals surface area (Å²) in [5.41, 5.74) is -0.216. The molecule has 0 unspecified atom stereocenters. The van der Waals surface area contributed by atoms with E-state index >= 15 is 0 Å². The number of methoxy groups -OCH3 is 3. The van der Waals surface area contributed by atoms with E-state index in [4.69, 9.17) is 18.9 Å². The molecule has 0 heterocycles. The maximum atomic E-state index is 12.2. The Hall–Kier alpha value is -2.84. The van der Waals surface area contributed by atoms with Gasteiger partial charge in [-0.15, -0.1) is 0 Å². The quantitative estimate of drug-likeness (QED) is 0.613. The number of carbonyl (C=O) groups is 2. The van der Waals surface area contributed by atoms with Gasteiger partial charge >= 0.3 is 6.09 Å². The molecular formula is C19H30N2O7. The topological polar surface area (TPSA) is 115 Å². The molecule has 9 nitrogen and oxygen atoms in total. The lowest BCUT2D eigenvalue weighted by molar-refractivity contribution is -0.122. The van der Waals surface area contributed by atoms with Crippen LogP contribution < -0.4 is 24.8 Å². The van der Waals surface area contributed by atoms with Gasteiger partial charge in [0.25, 0.3) is 0 Å². The fourth-order valence-electron chi connectivity index (χ4n) is 2.43. The van der Waals surface area contributed by atoms with Crippen LogP contribution in [0.1, 0.15) is 33.3 Å². The van der Waals surface area contributed by atoms with Crippen molar-refractivity contribution in [2.75, 3.05) is 27.9 Å². The smallest absolute Gasteiger partial charge is 0.408 e. The SMILES string of the molecule is COc1cc(OC)c(OC)c(CCNC(=O)[C@H](C)NC(=O)OC(C)(C)C)c1O. The summed E-state index contributed by atoms with van der Waals surface area (Å²) in [5, 5.41) is 15.5. The number of aromatic hydroxyl groups is 1. The van der Waals surface area contributed by atoms with Crippen LogP contribution >= 0.6 is 0 Å². The van der Waals surface area contributed by atoms with E-state index in [0.29, 0.717) is 17.1 Å². The van der Waals surface area contributed by atoms with Crippen LogP contribution in [0.5, 0.6) is 23.0 Å². The van der Waals surface area contributed by atoms with Crippen molar-refractivity contribution in [3.05, 3.63) is 11.6 Å². The van der Waals surface area contributed by atoms with Crippen LogP contribution in [0.15, 0.2) is 6.07 Å². The number of rotatable bonds is 8. The molecule has 1 atom stereocenters. The van der Waals surface area contributed by atoms with Crippen LogP contribution in [-0.4, -0.2) is 56.6 Å². The first-order valence-electron chi connectivity index (χ1n) is 8.82. The molecular weight excluding hydrogens is 368 g/mol. The number of ether oxygens (including phenoxy) is 4. The van der Waals surface area contributed by atoms with Crippen molar-refractivity contribution in [1.29, 1.82) is 0 Å². The largest absolute Gasteiger partial charge is 0.504 e. The molecule has 0 bridgehead atoms. The van der Waals surface area contributed by atoms with Gasteiger partial charge in [-0.2, -0.15) is 0 Å². The van der Waals surface area contributed by atoms with Crippen LogP contribution in [-0.2, 0) is 16.0 Å². The first-order valence-corrected chi connectivity index (χ1v) is 8.82. The maximum Gasteiger partial charge on any atom is 0.408 e. The van der Waals surface area contributed by atoms with Crippen molar-refractivity contribution in [3.8, 4) is 23.0 Å². The molecule has 0 fully saturated rings. The van der Waals surface area contributed by atoms with Crippen LogP contribution in [0.4, 0.5) is 4.79 Å². The lowest BCUT2D eigenvalue weighted by Gasteiger charge is -2.21. The second-order valence-corrected chi connectivity index (χ2v) is 7.05. The predicted molar refractivity (Wildman–Crippen MR) is 103 cm³/mol. The van der Waals surface area contributed by atoms with E-state index < -0.39 is 17.7 Å². The third-order valence-electron chi connectivity index (χ3n) is 3.72. The van der Waals surface area contributed by atoms with Crippen molar-refractivity contribution < 1.29 is 33.6 Å². The predicted octanol–water partition coefficient (Wildman–Crippen LogP) is 1.99. The Morgan fingerprint density at radius 3 is 2.21 bits per heavy atom. The summed E-state index contributed by atoms with van der Waals surface area (Å²) >= 11 is 0. The zero-order valence-electron chi connectivity index (χ0n) is 17.5. The second-order valence-electron chi connectivity index (χ2n) is 7.05. The van der Waals surface area contributed by atoms with Gasteiger partial charge in [0.1, 0.15) is 11.6 Å². The Kier molecular flexibility index (Phi) is 8.21. The lowest BCUT2D eigenvalue weighted by atomic mass is 10.1. The van der Waals surface area contributed by atoms with E-state index in [1.807, 2.05) is 0 Å². The van der Waals surface area contributed by atoms with Gasteiger partial charge in [0.05, 0.1) is 21.3 Å². The van der Waals surface area contributed by atoms with Gasteiger partial charge in [0.2, 0.25) is 5.91 Å². The van der Waals surface area contributed by atoms with Gasteiger partial charge in [-0.3, -0.25) is 4.79 Å². The van der Waals surface area contributed by atoms with Gasteiger partial charge in [-0.1, -0.05) is 0 Å². The Labute approximate surface area is 165 Å². The molecule has 0 radical (unpaired) electrons. The molecule has 0 aromatic heterocycles. The molecule has 0 spiro atoms. The Bertz CT molecular complexity index is 699. The normalized spacial score (nSPS) is 12.0. The van der Waals surface area contributed by atoms with E-state index in [1.165, 1.54) is 27.4 Å². The molecule has 0 aliphatic heterocycles. The maximum absolute atomic E-state index is 12.2. The highest BCUT2D eigenvalue weighted by atomic mass is 16.6. The van der Waals surface area contributed by atoms with E-state index in [9.17, 15) is 14.7 Å². The zero-order valence-corrected chi connectivity index (χ0v) is 17.5. The fourth-order valence-corrected chi connectivity index (χ4v) is 2.43. The molecule has 0 aliphatic carbocycles. The van der Waals surface area contributed by atoms with Crippen molar-refractivity contribution in [2.45, 2.75) is 45.8 Å². The minimum absolute atomic E-state index is 0.0886. The number of phenols is 1. The average Bonchev–Trinajstić information content (AvgIpc) is 2.60. The molecule has 9 heteroatoms. The molecule has 28 heavy (non-hydrogen) atoms. The highest BCUT2D eigenvalue weighted by molar-refractivity contribution is 5.85. The van der Waals surface area contributed by atoms with Gasteiger partial charge in [0.15, 0.2) is 23.0 Å². The molecule has 1 aromatic carbocycles. The molecule has 2 amide bonds. The van der Waals surface area contributed by atoms with Gasteiger partial charge in [-0.25, -0.2) is 4.79 Å². The Morgan fingerprint density at radius 1 is 1.11 bits per heavy atom. The molecule has 1 rings (SSSR count). The minimum Gasteiger partial charge on any atom is -0.504 e. The summed E-state index contributed by atoms with van der Waals surface area (Å²) in [4.78, 5) is 23.9. The van der Waals surface area contributed by atoms with E-state index in [2.05, 4.69) is 10.6 Å². The van der Waals surface area contributed by atoms with Crippen molar-refractivity contribution in [1.82, 2.24) is 10.6 Å². The van der Waals surface area contributed by atoms with Crippen LogP contribution in [0.25, 0.3) is 0 Å².